The molecule has 0 heterocycles. The summed E-state index contributed by atoms with van der Waals surface area (Å²) in [5.41, 5.74) is 1.35. The molecule has 0 aliphatic heterocycles. The lowest BCUT2D eigenvalue weighted by atomic mass is 10.00. The molecule has 0 aliphatic carbocycles. The van der Waals surface area contributed by atoms with Crippen LogP contribution in [0.2, 0.25) is 0 Å². The zero-order valence-corrected chi connectivity index (χ0v) is 15.7. The molecule has 0 aromatic heterocycles. The lowest BCUT2D eigenvalue weighted by molar-refractivity contribution is -0.136. The van der Waals surface area contributed by atoms with Gasteiger partial charge in [0.2, 0.25) is 10.0 Å². The van der Waals surface area contributed by atoms with Gasteiger partial charge in [0, 0.05) is 5.56 Å². The number of sulfonamides is 1. The van der Waals surface area contributed by atoms with Gasteiger partial charge in [0.25, 0.3) is 0 Å². The molecule has 26 heavy (non-hydrogen) atoms. The molecule has 2 aromatic carbocycles. The van der Waals surface area contributed by atoms with Crippen molar-refractivity contribution in [2.24, 2.45) is 0 Å². The molecule has 138 valence electrons. The summed E-state index contributed by atoms with van der Waals surface area (Å²) in [6, 6.07) is 12.1. The number of hydrogen-bond acceptors (Lipinski definition) is 5. The minimum Gasteiger partial charge on any atom is -0.496 e. The van der Waals surface area contributed by atoms with E-state index in [1.807, 2.05) is 6.92 Å². The Labute approximate surface area is 153 Å². The first kappa shape index (κ1) is 19.7. The van der Waals surface area contributed by atoms with Crippen LogP contribution in [0.5, 0.6) is 5.75 Å². The Kier molecular flexibility index (Phi) is 6.18. The molecule has 2 rings (SSSR count). The van der Waals surface area contributed by atoms with Crippen molar-refractivity contribution < 1.29 is 22.7 Å². The van der Waals surface area contributed by atoms with E-state index in [1.165, 1.54) is 26.4 Å². The van der Waals surface area contributed by atoms with Crippen LogP contribution >= 0.6 is 0 Å². The molecule has 0 spiro atoms. The van der Waals surface area contributed by atoms with Gasteiger partial charge in [0.15, 0.2) is 0 Å². The number of carbonyl (C=O) groups is 1. The van der Waals surface area contributed by atoms with Gasteiger partial charge in [-0.3, -0.25) is 0 Å². The fourth-order valence-corrected chi connectivity index (χ4v) is 3.63. The number of benzene rings is 2. The van der Waals surface area contributed by atoms with Crippen LogP contribution in [0.25, 0.3) is 0 Å². The number of carbonyl (C=O) groups excluding carboxylic acids is 1. The van der Waals surface area contributed by atoms with Gasteiger partial charge in [-0.25, -0.2) is 13.2 Å². The summed E-state index contributed by atoms with van der Waals surface area (Å²) in [6.45, 7) is 5.57. The Morgan fingerprint density at radius 3 is 2.27 bits per heavy atom. The molecule has 0 saturated carbocycles. The fourth-order valence-electron chi connectivity index (χ4n) is 2.42. The van der Waals surface area contributed by atoms with E-state index in [4.69, 9.17) is 9.47 Å². The molecule has 6 nitrogen and oxygen atoms in total. The van der Waals surface area contributed by atoms with Gasteiger partial charge in [-0.15, -0.1) is 0 Å². The van der Waals surface area contributed by atoms with Crippen LogP contribution in [0.15, 0.2) is 65.6 Å². The van der Waals surface area contributed by atoms with E-state index < -0.39 is 22.0 Å². The molecular formula is C19H21NO5S. The Morgan fingerprint density at radius 1 is 1.08 bits per heavy atom. The Bertz CT molecular complexity index is 904. The van der Waals surface area contributed by atoms with Crippen molar-refractivity contribution in [3.05, 3.63) is 71.8 Å². The van der Waals surface area contributed by atoms with Gasteiger partial charge >= 0.3 is 5.97 Å². The summed E-state index contributed by atoms with van der Waals surface area (Å²) in [5.74, 6) is -0.290. The van der Waals surface area contributed by atoms with Gasteiger partial charge in [0.05, 0.1) is 30.7 Å². The van der Waals surface area contributed by atoms with E-state index in [9.17, 15) is 13.2 Å². The van der Waals surface area contributed by atoms with Gasteiger partial charge < -0.3 is 9.47 Å². The van der Waals surface area contributed by atoms with Crippen molar-refractivity contribution in [1.82, 2.24) is 4.72 Å². The highest BCUT2D eigenvalue weighted by Gasteiger charge is 2.29. The van der Waals surface area contributed by atoms with E-state index in [0.717, 1.165) is 5.56 Å². The zero-order valence-electron chi connectivity index (χ0n) is 14.9. The highest BCUT2D eigenvalue weighted by atomic mass is 32.2. The summed E-state index contributed by atoms with van der Waals surface area (Å²) < 4.78 is 38.1. The molecule has 0 aliphatic rings. The highest BCUT2D eigenvalue weighted by molar-refractivity contribution is 7.89. The van der Waals surface area contributed by atoms with Crippen molar-refractivity contribution in [1.29, 1.82) is 0 Å². The van der Waals surface area contributed by atoms with Crippen LogP contribution in [-0.4, -0.2) is 28.6 Å². The van der Waals surface area contributed by atoms with Crippen LogP contribution in [0.4, 0.5) is 0 Å². The van der Waals surface area contributed by atoms with E-state index in [1.54, 1.807) is 36.4 Å². The lowest BCUT2D eigenvalue weighted by Gasteiger charge is -2.22. The third-order valence-corrected chi connectivity index (χ3v) is 5.29. The molecule has 0 bridgehead atoms. The number of ether oxygens (including phenoxy) is 2. The van der Waals surface area contributed by atoms with E-state index in [0.29, 0.717) is 11.3 Å². The molecule has 0 radical (unpaired) electrons. The Hall–Kier alpha value is -2.64. The van der Waals surface area contributed by atoms with Gasteiger partial charge in [0.1, 0.15) is 5.75 Å². The quantitative estimate of drug-likeness (QED) is 0.594. The molecule has 0 amide bonds. The Morgan fingerprint density at radius 2 is 1.69 bits per heavy atom. The number of esters is 1. The van der Waals surface area contributed by atoms with E-state index in [2.05, 4.69) is 11.3 Å². The number of methoxy groups -OCH3 is 2. The van der Waals surface area contributed by atoms with Crippen molar-refractivity contribution >= 4 is 16.0 Å². The van der Waals surface area contributed by atoms with Crippen molar-refractivity contribution in [2.75, 3.05) is 14.2 Å². The van der Waals surface area contributed by atoms with Gasteiger partial charge in [-0.2, -0.15) is 4.72 Å². The second-order valence-electron chi connectivity index (χ2n) is 5.63. The van der Waals surface area contributed by atoms with Crippen molar-refractivity contribution in [3.8, 4) is 5.75 Å². The molecule has 2 aromatic rings. The number of aryl methyl sites for hydroxylation is 1. The van der Waals surface area contributed by atoms with Gasteiger partial charge in [-0.05, 0) is 25.1 Å². The monoisotopic (exact) mass is 375 g/mol. The predicted octanol–water partition coefficient (Wildman–Crippen LogP) is 2.75. The standard InChI is InChI=1S/C19H21NO5S/c1-13-9-11-15(12-10-13)26(22,23)20-18(14(2)19(21)25-4)16-7-5-6-8-17(16)24-3/h5-12,18,20H,2H2,1,3-4H3/t18-/m1/s1. The largest absolute Gasteiger partial charge is 0.496 e. The number of rotatable bonds is 7. The summed E-state index contributed by atoms with van der Waals surface area (Å²) in [6.07, 6.45) is 0. The minimum absolute atomic E-state index is 0.0484. The lowest BCUT2D eigenvalue weighted by Crippen LogP contribution is -2.32. The van der Waals surface area contributed by atoms with Crippen LogP contribution in [0, 0.1) is 6.92 Å². The Balaban J connectivity index is 2.49. The van der Waals surface area contributed by atoms with Crippen LogP contribution in [0.1, 0.15) is 17.2 Å². The van der Waals surface area contributed by atoms with E-state index in [-0.39, 0.29) is 10.5 Å². The van der Waals surface area contributed by atoms with Gasteiger partial charge in [-0.1, -0.05) is 42.5 Å². The zero-order chi connectivity index (χ0) is 19.3. The highest BCUT2D eigenvalue weighted by Crippen LogP contribution is 2.31. The van der Waals surface area contributed by atoms with Crippen molar-refractivity contribution in [2.45, 2.75) is 17.9 Å². The molecule has 0 unspecified atom stereocenters. The molecule has 7 heteroatoms. The van der Waals surface area contributed by atoms with Crippen LogP contribution in [-0.2, 0) is 19.6 Å². The average Bonchev–Trinajstić information content (AvgIpc) is 2.65. The average molecular weight is 375 g/mol. The predicted molar refractivity (Wildman–Crippen MR) is 98.4 cm³/mol. The summed E-state index contributed by atoms with van der Waals surface area (Å²) in [5, 5.41) is 0. The second kappa shape index (κ2) is 8.16. The van der Waals surface area contributed by atoms with Crippen molar-refractivity contribution in [3.63, 3.8) is 0 Å². The molecule has 0 saturated heterocycles. The maximum absolute atomic E-state index is 12.8. The first-order valence-corrected chi connectivity index (χ1v) is 9.27. The molecular weight excluding hydrogens is 354 g/mol. The smallest absolute Gasteiger partial charge is 0.335 e. The fraction of sp³-hybridized carbons (Fsp3) is 0.211. The SMILES string of the molecule is C=C(C(=O)OC)[C@@H](NS(=O)(=O)c1ccc(C)cc1)c1ccccc1OC. The first-order chi connectivity index (χ1) is 12.3. The molecule has 0 fully saturated rings. The second-order valence-corrected chi connectivity index (χ2v) is 7.34. The molecule has 1 atom stereocenters. The number of para-hydroxylation sites is 1. The minimum atomic E-state index is -3.91. The summed E-state index contributed by atoms with van der Waals surface area (Å²) in [7, 11) is -1.24. The van der Waals surface area contributed by atoms with E-state index >= 15 is 0 Å². The topological polar surface area (TPSA) is 81.7 Å². The maximum atomic E-state index is 12.8. The third-order valence-electron chi connectivity index (χ3n) is 3.85. The summed E-state index contributed by atoms with van der Waals surface area (Å²) in [4.78, 5) is 12.1. The molecule has 1 N–H and O–H groups in total. The summed E-state index contributed by atoms with van der Waals surface area (Å²) >= 11 is 0. The normalized spacial score (nSPS) is 12.3. The number of nitrogens with one attached hydrogen (secondary N) is 1. The third kappa shape index (κ3) is 4.30. The number of hydrogen-bond donors (Lipinski definition) is 1. The van der Waals surface area contributed by atoms with Crippen LogP contribution in [0.3, 0.4) is 0 Å². The van der Waals surface area contributed by atoms with Crippen LogP contribution < -0.4 is 9.46 Å². The maximum Gasteiger partial charge on any atom is 0.335 e. The first-order valence-electron chi connectivity index (χ1n) is 7.79.